The van der Waals surface area contributed by atoms with E-state index >= 15 is 0 Å². The fraction of sp³-hybridized carbons (Fsp3) is 0.303. The molecule has 4 aromatic rings. The van der Waals surface area contributed by atoms with Crippen LogP contribution in [-0.2, 0) is 30.5 Å². The highest BCUT2D eigenvalue weighted by Gasteiger charge is 2.31. The van der Waals surface area contributed by atoms with Gasteiger partial charge in [-0.25, -0.2) is 4.98 Å². The molecular formula is C33H33Cl2F3N6O3S. The number of anilines is 1. The van der Waals surface area contributed by atoms with Crippen LogP contribution in [0.2, 0.25) is 10.0 Å². The van der Waals surface area contributed by atoms with Gasteiger partial charge in [0.15, 0.2) is 5.11 Å². The van der Waals surface area contributed by atoms with E-state index in [1.807, 2.05) is 13.8 Å². The number of hydrogen-bond acceptors (Lipinski definition) is 5. The monoisotopic (exact) mass is 720 g/mol. The van der Waals surface area contributed by atoms with E-state index in [1.54, 1.807) is 52.3 Å². The van der Waals surface area contributed by atoms with E-state index in [-0.39, 0.29) is 47.8 Å². The van der Waals surface area contributed by atoms with E-state index in [4.69, 9.17) is 35.4 Å². The van der Waals surface area contributed by atoms with Crippen molar-refractivity contribution in [2.75, 3.05) is 11.9 Å². The van der Waals surface area contributed by atoms with E-state index in [2.05, 4.69) is 15.6 Å². The number of non-ortho nitro benzene ring substituents is 1. The molecule has 0 bridgehead atoms. The number of amides is 1. The average molecular weight is 722 g/mol. The van der Waals surface area contributed by atoms with Gasteiger partial charge in [-0.05, 0) is 53.5 Å². The molecule has 15 heteroatoms. The summed E-state index contributed by atoms with van der Waals surface area (Å²) in [6.45, 7) is 4.70. The number of halogens is 5. The lowest BCUT2D eigenvalue weighted by Crippen LogP contribution is -2.50. The summed E-state index contributed by atoms with van der Waals surface area (Å²) in [7, 11) is 0. The molecule has 0 unspecified atom stereocenters. The van der Waals surface area contributed by atoms with Gasteiger partial charge in [0.05, 0.1) is 33.3 Å². The smallest absolute Gasteiger partial charge is 0.351 e. The number of alkyl halides is 3. The van der Waals surface area contributed by atoms with E-state index in [0.29, 0.717) is 34.3 Å². The lowest BCUT2D eigenvalue weighted by atomic mass is 9.98. The van der Waals surface area contributed by atoms with Gasteiger partial charge in [-0.15, -0.1) is 0 Å². The average Bonchev–Trinajstić information content (AvgIpc) is 3.47. The summed E-state index contributed by atoms with van der Waals surface area (Å²) in [4.78, 5) is 29.9. The molecule has 0 aliphatic rings. The molecule has 4 rings (SSSR count). The Bertz CT molecular complexity index is 1750. The maximum atomic E-state index is 13.5. The first kappa shape index (κ1) is 36.6. The Balaban J connectivity index is 1.53. The Morgan fingerprint density at radius 3 is 2.50 bits per heavy atom. The van der Waals surface area contributed by atoms with Gasteiger partial charge in [-0.3, -0.25) is 14.9 Å². The molecule has 1 amide bonds. The van der Waals surface area contributed by atoms with Crippen molar-refractivity contribution in [3.05, 3.63) is 122 Å². The number of carbonyl (C=O) groups is 1. The topological polar surface area (TPSA) is 105 Å². The second-order valence-electron chi connectivity index (χ2n) is 11.3. The second kappa shape index (κ2) is 16.3. The van der Waals surface area contributed by atoms with Crippen molar-refractivity contribution in [3.63, 3.8) is 0 Å². The van der Waals surface area contributed by atoms with E-state index in [9.17, 15) is 28.1 Å². The van der Waals surface area contributed by atoms with Crippen molar-refractivity contribution in [2.24, 2.45) is 5.92 Å². The number of benzene rings is 3. The number of hydrogen-bond donors (Lipinski definition) is 2. The van der Waals surface area contributed by atoms with Crippen LogP contribution >= 0.6 is 35.4 Å². The van der Waals surface area contributed by atoms with Gasteiger partial charge >= 0.3 is 6.18 Å². The lowest BCUT2D eigenvalue weighted by molar-refractivity contribution is -0.384. The molecule has 0 spiro atoms. The predicted molar refractivity (Wildman–Crippen MR) is 184 cm³/mol. The van der Waals surface area contributed by atoms with Crippen LogP contribution in [0.5, 0.6) is 0 Å². The van der Waals surface area contributed by atoms with Crippen molar-refractivity contribution in [1.29, 1.82) is 0 Å². The van der Waals surface area contributed by atoms with E-state index in [1.165, 1.54) is 24.3 Å². The number of nitrogens with one attached hydrogen (secondary N) is 2. The summed E-state index contributed by atoms with van der Waals surface area (Å²) < 4.78 is 42.0. The third-order valence-electron chi connectivity index (χ3n) is 7.86. The molecule has 0 saturated carbocycles. The molecule has 2 atom stereocenters. The van der Waals surface area contributed by atoms with Crippen LogP contribution in [0.25, 0.3) is 0 Å². The quantitative estimate of drug-likeness (QED) is 0.0816. The number of nitro benzene ring substituents is 1. The summed E-state index contributed by atoms with van der Waals surface area (Å²) in [5.41, 5.74) is 1.39. The Morgan fingerprint density at radius 1 is 1.12 bits per heavy atom. The summed E-state index contributed by atoms with van der Waals surface area (Å²) in [6.07, 6.45) is -0.638. The molecule has 3 aromatic carbocycles. The van der Waals surface area contributed by atoms with Crippen LogP contribution in [-0.4, -0.2) is 43.0 Å². The number of nitrogens with zero attached hydrogens (tertiary/aromatic N) is 4. The third-order valence-corrected chi connectivity index (χ3v) is 9.07. The number of aromatic nitrogens is 2. The van der Waals surface area contributed by atoms with Crippen LogP contribution in [0.3, 0.4) is 0 Å². The zero-order valence-electron chi connectivity index (χ0n) is 26.0. The number of imidazole rings is 1. The fourth-order valence-corrected chi connectivity index (χ4v) is 5.58. The van der Waals surface area contributed by atoms with Gasteiger partial charge in [-0.2, -0.15) is 13.2 Å². The molecule has 0 saturated heterocycles. The van der Waals surface area contributed by atoms with Crippen molar-refractivity contribution in [3.8, 4) is 0 Å². The zero-order valence-corrected chi connectivity index (χ0v) is 28.3. The maximum absolute atomic E-state index is 13.5. The Hall–Kier alpha value is -4.20. The maximum Gasteiger partial charge on any atom is 0.416 e. The predicted octanol–water partition coefficient (Wildman–Crippen LogP) is 8.14. The molecule has 9 nitrogen and oxygen atoms in total. The largest absolute Gasteiger partial charge is 0.416 e. The molecule has 0 fully saturated rings. The number of carbonyl (C=O) groups excluding carboxylic acids is 1. The minimum Gasteiger partial charge on any atom is -0.351 e. The van der Waals surface area contributed by atoms with Gasteiger partial charge in [0, 0.05) is 55.4 Å². The molecule has 2 N–H and O–H groups in total. The molecule has 254 valence electrons. The summed E-state index contributed by atoms with van der Waals surface area (Å²) in [6, 6.07) is 15.6. The van der Waals surface area contributed by atoms with Gasteiger partial charge in [0.25, 0.3) is 5.69 Å². The highest BCUT2D eigenvalue weighted by molar-refractivity contribution is 7.80. The molecule has 0 aliphatic heterocycles. The molecular weight excluding hydrogens is 688 g/mol. The van der Waals surface area contributed by atoms with Crippen LogP contribution < -0.4 is 10.6 Å². The van der Waals surface area contributed by atoms with Crippen LogP contribution in [0.4, 0.5) is 24.5 Å². The Kier molecular flexibility index (Phi) is 12.4. The van der Waals surface area contributed by atoms with Crippen molar-refractivity contribution < 1.29 is 22.9 Å². The van der Waals surface area contributed by atoms with Crippen molar-refractivity contribution >= 4 is 57.8 Å². The fourth-order valence-electron chi connectivity index (χ4n) is 4.94. The molecule has 0 radical (unpaired) electrons. The van der Waals surface area contributed by atoms with Gasteiger partial charge < -0.3 is 20.1 Å². The van der Waals surface area contributed by atoms with Gasteiger partial charge in [0.2, 0.25) is 5.91 Å². The Morgan fingerprint density at radius 2 is 1.83 bits per heavy atom. The minimum atomic E-state index is -4.53. The summed E-state index contributed by atoms with van der Waals surface area (Å²) in [5, 5.41) is 17.8. The van der Waals surface area contributed by atoms with Crippen LogP contribution in [0.15, 0.2) is 79.3 Å². The van der Waals surface area contributed by atoms with E-state index in [0.717, 1.165) is 17.7 Å². The van der Waals surface area contributed by atoms with Gasteiger partial charge in [0.1, 0.15) is 0 Å². The zero-order chi connectivity index (χ0) is 35.0. The first-order valence-electron chi connectivity index (χ1n) is 14.9. The van der Waals surface area contributed by atoms with Gasteiger partial charge in [-0.1, -0.05) is 73.8 Å². The first-order valence-corrected chi connectivity index (χ1v) is 16.1. The normalized spacial score (nSPS) is 12.6. The number of rotatable bonds is 13. The number of nitro groups is 1. The van der Waals surface area contributed by atoms with Crippen molar-refractivity contribution in [1.82, 2.24) is 19.8 Å². The lowest BCUT2D eigenvalue weighted by Gasteiger charge is -2.33. The molecule has 1 aromatic heterocycles. The summed E-state index contributed by atoms with van der Waals surface area (Å²) in [5.74, 6) is -0.295. The third kappa shape index (κ3) is 9.91. The standard InChI is InChI=1S/C33H33Cl2F3N6O3S/c1-3-21(2)29(41-30(45)15-27-16-39-20-43(27)17-22-10-12-26(13-11-22)44(46)47)19-42(18-23-6-4-9-28(34)31(23)35)32(48)40-25-8-5-7-24(14-25)33(36,37)38/h4-14,16,20-21,29H,3,15,17-19H2,1-2H3,(H,40,48)(H,41,45)/t21-,29+/m0/s1. The number of thiocarbonyl (C=S) groups is 1. The van der Waals surface area contributed by atoms with Crippen LogP contribution in [0.1, 0.15) is 42.7 Å². The second-order valence-corrected chi connectivity index (χ2v) is 12.4. The summed E-state index contributed by atoms with van der Waals surface area (Å²) >= 11 is 18.5. The SMILES string of the molecule is CC[C@H](C)[C@@H](CN(Cc1cccc(Cl)c1Cl)C(=S)Nc1cccc(C(F)(F)F)c1)NC(=O)Cc1cncn1Cc1ccc([N+](=O)[O-])cc1. The highest BCUT2D eigenvalue weighted by Crippen LogP contribution is 2.31. The van der Waals surface area contributed by atoms with Crippen LogP contribution in [0, 0.1) is 16.0 Å². The van der Waals surface area contributed by atoms with E-state index < -0.39 is 22.7 Å². The molecule has 0 aliphatic carbocycles. The Labute approximate surface area is 291 Å². The minimum absolute atomic E-state index is 0.00691. The highest BCUT2D eigenvalue weighted by atomic mass is 35.5. The van der Waals surface area contributed by atoms with Crippen molar-refractivity contribution in [2.45, 2.75) is 52.0 Å². The molecule has 1 heterocycles. The molecule has 48 heavy (non-hydrogen) atoms. The first-order chi connectivity index (χ1) is 22.7.